The van der Waals surface area contributed by atoms with Crippen molar-refractivity contribution in [2.45, 2.75) is 79.4 Å². The molecule has 1 aromatic carbocycles. The lowest BCUT2D eigenvalue weighted by Crippen LogP contribution is -2.27. The number of rotatable bonds is 4. The van der Waals surface area contributed by atoms with Crippen molar-refractivity contribution >= 4 is 34.8 Å². The van der Waals surface area contributed by atoms with E-state index in [2.05, 4.69) is 21.7 Å². The summed E-state index contributed by atoms with van der Waals surface area (Å²) in [4.78, 5) is 16.7. The third-order valence-corrected chi connectivity index (χ3v) is 5.60. The summed E-state index contributed by atoms with van der Waals surface area (Å²) in [6, 6.07) is 7.53. The van der Waals surface area contributed by atoms with Gasteiger partial charge in [0.25, 0.3) is 0 Å². The lowest BCUT2D eigenvalue weighted by Gasteiger charge is -2.28. The molecule has 34 heavy (non-hydrogen) atoms. The minimum absolute atomic E-state index is 0.0637. The monoisotopic (exact) mass is 483 g/mol. The van der Waals surface area contributed by atoms with Crippen molar-refractivity contribution in [2.75, 3.05) is 10.6 Å². The Labute approximate surface area is 207 Å². The molecule has 1 unspecified atom stereocenters. The van der Waals surface area contributed by atoms with Crippen LogP contribution in [0.15, 0.2) is 18.2 Å². The third-order valence-electron chi connectivity index (χ3n) is 5.32. The molecule has 182 valence electrons. The highest BCUT2D eigenvalue weighted by Crippen LogP contribution is 2.36. The number of pyridine rings is 1. The maximum absolute atomic E-state index is 12.2. The highest BCUT2D eigenvalue weighted by molar-refractivity contribution is 6.30. The van der Waals surface area contributed by atoms with Crippen LogP contribution in [0.4, 0.5) is 16.2 Å². The molecule has 0 radical (unpaired) electrons. The van der Waals surface area contributed by atoms with Crippen LogP contribution >= 0.6 is 11.6 Å². The number of fused-ring (bicyclic) bond motifs is 1. The molecule has 1 heterocycles. The van der Waals surface area contributed by atoms with Crippen LogP contribution in [0.2, 0.25) is 5.15 Å². The van der Waals surface area contributed by atoms with E-state index in [9.17, 15) is 10.1 Å². The molecule has 0 fully saturated rings. The fraction of sp³-hybridized carbons (Fsp3) is 0.462. The molecule has 0 bridgehead atoms. The fourth-order valence-electron chi connectivity index (χ4n) is 3.89. The second kappa shape index (κ2) is 11.3. The number of nitrogens with zero attached hydrogens (tertiary/aromatic N) is 2. The van der Waals surface area contributed by atoms with Gasteiger partial charge in [0.1, 0.15) is 16.8 Å². The first-order chi connectivity index (χ1) is 16.0. The van der Waals surface area contributed by atoms with E-state index in [1.54, 1.807) is 33.8 Å². The van der Waals surface area contributed by atoms with E-state index in [4.69, 9.17) is 21.7 Å². The summed E-state index contributed by atoms with van der Waals surface area (Å²) < 4.78 is 5.33. The van der Waals surface area contributed by atoms with E-state index in [1.807, 2.05) is 32.9 Å². The van der Waals surface area contributed by atoms with E-state index < -0.39 is 11.7 Å². The number of amides is 1. The lowest BCUT2D eigenvalue weighted by atomic mass is 9.87. The number of benzene rings is 1. The number of carbonyl (C=O) groups excluding carboxylic acids is 1. The number of hydrogen-bond acceptors (Lipinski definition) is 6. The van der Waals surface area contributed by atoms with Crippen molar-refractivity contribution in [1.29, 1.82) is 10.7 Å². The molecule has 1 amide bonds. The van der Waals surface area contributed by atoms with Crippen molar-refractivity contribution < 1.29 is 9.53 Å². The number of halogens is 1. The molecule has 1 aliphatic rings. The van der Waals surface area contributed by atoms with Gasteiger partial charge in [0.2, 0.25) is 0 Å². The first-order valence-electron chi connectivity index (χ1n) is 11.5. The van der Waals surface area contributed by atoms with Crippen molar-refractivity contribution in [3.05, 3.63) is 51.3 Å². The van der Waals surface area contributed by atoms with Gasteiger partial charge in [0.15, 0.2) is 0 Å². The van der Waals surface area contributed by atoms with Crippen LogP contribution < -0.4 is 10.6 Å². The molecular weight excluding hydrogens is 450 g/mol. The van der Waals surface area contributed by atoms with Gasteiger partial charge in [-0.15, -0.1) is 0 Å². The van der Waals surface area contributed by atoms with E-state index in [-0.39, 0.29) is 11.2 Å². The summed E-state index contributed by atoms with van der Waals surface area (Å²) in [5, 5.41) is 24.0. The summed E-state index contributed by atoms with van der Waals surface area (Å²) in [7, 11) is 0. The van der Waals surface area contributed by atoms with E-state index >= 15 is 0 Å². The van der Waals surface area contributed by atoms with Crippen molar-refractivity contribution in [1.82, 2.24) is 4.98 Å². The molecule has 1 atom stereocenters. The number of carbonyl (C=O) groups is 1. The van der Waals surface area contributed by atoms with Gasteiger partial charge >= 0.3 is 6.09 Å². The topological polar surface area (TPSA) is 111 Å². The molecule has 0 saturated carbocycles. The summed E-state index contributed by atoms with van der Waals surface area (Å²) in [5.41, 5.74) is 4.88. The smallest absolute Gasteiger partial charge is 0.412 e. The Kier molecular flexibility index (Phi) is 9.06. The van der Waals surface area contributed by atoms with Gasteiger partial charge in [0, 0.05) is 17.0 Å². The van der Waals surface area contributed by atoms with Gasteiger partial charge in [-0.3, -0.25) is 5.32 Å². The highest BCUT2D eigenvalue weighted by atomic mass is 35.5. The zero-order valence-corrected chi connectivity index (χ0v) is 21.8. The van der Waals surface area contributed by atoms with Crippen LogP contribution in [0, 0.1) is 23.7 Å². The second-order valence-corrected chi connectivity index (χ2v) is 9.34. The Bertz CT molecular complexity index is 1120. The standard InChI is InChI=1S/C24H28ClN5O2.C2H6/c1-13-16-7-6-8-20(21(16)30-22(25)18(13)12-26)28-15-9-10-19(17(11-15)14(2)27)29-23(31)32-24(3,4)5;1-2/h9-11,20,27-28H,6-8H2,1-5H3,(H,29,31);1-2H3. The summed E-state index contributed by atoms with van der Waals surface area (Å²) in [6.45, 7) is 13.0. The predicted octanol–water partition coefficient (Wildman–Crippen LogP) is 7.17. The highest BCUT2D eigenvalue weighted by Gasteiger charge is 2.26. The Hall–Kier alpha value is -3.11. The molecule has 1 aliphatic carbocycles. The van der Waals surface area contributed by atoms with Gasteiger partial charge < -0.3 is 15.5 Å². The van der Waals surface area contributed by atoms with Gasteiger partial charge in [-0.25, -0.2) is 9.78 Å². The van der Waals surface area contributed by atoms with Crippen LogP contribution in [0.3, 0.4) is 0 Å². The second-order valence-electron chi connectivity index (χ2n) is 8.98. The molecule has 2 aromatic rings. The van der Waals surface area contributed by atoms with Gasteiger partial charge in [-0.2, -0.15) is 5.26 Å². The number of ether oxygens (including phenoxy) is 1. The molecule has 3 rings (SSSR count). The maximum atomic E-state index is 12.2. The quantitative estimate of drug-likeness (QED) is 0.315. The molecule has 3 N–H and O–H groups in total. The molecular formula is C26H34ClN5O2. The van der Waals surface area contributed by atoms with Gasteiger partial charge in [-0.05, 0) is 83.2 Å². The maximum Gasteiger partial charge on any atom is 0.412 e. The molecule has 0 aliphatic heterocycles. The van der Waals surface area contributed by atoms with Crippen LogP contribution in [-0.4, -0.2) is 22.4 Å². The Morgan fingerprint density at radius 1 is 1.32 bits per heavy atom. The number of anilines is 2. The van der Waals surface area contributed by atoms with E-state index in [1.165, 1.54) is 0 Å². The summed E-state index contributed by atoms with van der Waals surface area (Å²) in [5.74, 6) is 0. The van der Waals surface area contributed by atoms with E-state index in [0.29, 0.717) is 22.5 Å². The van der Waals surface area contributed by atoms with Gasteiger partial charge in [-0.1, -0.05) is 25.4 Å². The minimum Gasteiger partial charge on any atom is -0.444 e. The average Bonchev–Trinajstić information content (AvgIpc) is 2.75. The van der Waals surface area contributed by atoms with Crippen molar-refractivity contribution in [3.63, 3.8) is 0 Å². The lowest BCUT2D eigenvalue weighted by molar-refractivity contribution is 0.0636. The summed E-state index contributed by atoms with van der Waals surface area (Å²) in [6.07, 6.45) is 2.14. The van der Waals surface area contributed by atoms with Crippen molar-refractivity contribution in [2.24, 2.45) is 0 Å². The molecule has 7 nitrogen and oxygen atoms in total. The molecule has 0 saturated heterocycles. The van der Waals surface area contributed by atoms with Crippen LogP contribution in [0.5, 0.6) is 0 Å². The first-order valence-corrected chi connectivity index (χ1v) is 11.9. The minimum atomic E-state index is -0.613. The molecule has 0 spiro atoms. The van der Waals surface area contributed by atoms with Crippen LogP contribution in [-0.2, 0) is 11.2 Å². The Morgan fingerprint density at radius 2 is 2.00 bits per heavy atom. The number of aromatic nitrogens is 1. The molecule has 8 heteroatoms. The largest absolute Gasteiger partial charge is 0.444 e. The predicted molar refractivity (Wildman–Crippen MR) is 138 cm³/mol. The van der Waals surface area contributed by atoms with E-state index in [0.717, 1.165) is 41.8 Å². The summed E-state index contributed by atoms with van der Waals surface area (Å²) >= 11 is 6.28. The fourth-order valence-corrected chi connectivity index (χ4v) is 4.16. The normalized spacial score (nSPS) is 14.6. The van der Waals surface area contributed by atoms with Crippen LogP contribution in [0.25, 0.3) is 0 Å². The number of hydrogen-bond donors (Lipinski definition) is 3. The number of nitrogens with one attached hydrogen (secondary N) is 3. The third kappa shape index (κ3) is 6.48. The SMILES string of the molecule is CC.CC(=N)c1cc(NC2CCCc3c2nc(Cl)c(C#N)c3C)ccc1NC(=O)OC(C)(C)C. The zero-order chi connectivity index (χ0) is 25.6. The Balaban J connectivity index is 0.00000199. The zero-order valence-electron chi connectivity index (χ0n) is 21.0. The molecule has 1 aromatic heterocycles. The van der Waals surface area contributed by atoms with Crippen LogP contribution in [0.1, 0.15) is 88.4 Å². The van der Waals surface area contributed by atoms with Crippen molar-refractivity contribution in [3.8, 4) is 6.07 Å². The first kappa shape index (κ1) is 27.1. The average molecular weight is 484 g/mol. The number of nitriles is 1. The van der Waals surface area contributed by atoms with Gasteiger partial charge in [0.05, 0.1) is 23.0 Å². The Morgan fingerprint density at radius 3 is 2.59 bits per heavy atom.